The summed E-state index contributed by atoms with van der Waals surface area (Å²) in [5.74, 6) is 0.623. The summed E-state index contributed by atoms with van der Waals surface area (Å²) in [5.41, 5.74) is 0.449. The Labute approximate surface area is 225 Å². The third-order valence-corrected chi connectivity index (χ3v) is 8.72. The topological polar surface area (TPSA) is 94.2 Å². The second kappa shape index (κ2) is 10.6. The normalized spacial score (nSPS) is 26.4. The number of allylic oxidation sites excluding steroid dienone is 1. The lowest BCUT2D eigenvalue weighted by molar-refractivity contribution is -0.162. The first-order valence-corrected chi connectivity index (χ1v) is 14.0. The van der Waals surface area contributed by atoms with Gasteiger partial charge in [0.1, 0.15) is 5.41 Å². The number of hydrogen-bond acceptors (Lipinski definition) is 6. The van der Waals surface area contributed by atoms with Crippen LogP contribution in [0.15, 0.2) is 30.0 Å². The molecular formula is C30H40N2O6. The van der Waals surface area contributed by atoms with Gasteiger partial charge in [0.2, 0.25) is 18.6 Å². The van der Waals surface area contributed by atoms with Crippen LogP contribution in [-0.2, 0) is 25.7 Å². The molecule has 2 aliphatic heterocycles. The quantitative estimate of drug-likeness (QED) is 0.519. The molecule has 0 unspecified atom stereocenters. The molecule has 206 valence electrons. The molecule has 8 heteroatoms. The van der Waals surface area contributed by atoms with E-state index in [0.29, 0.717) is 36.1 Å². The van der Waals surface area contributed by atoms with Gasteiger partial charge in [-0.3, -0.25) is 14.4 Å². The van der Waals surface area contributed by atoms with Crippen molar-refractivity contribution >= 4 is 17.8 Å². The van der Waals surface area contributed by atoms with Gasteiger partial charge in [-0.1, -0.05) is 45.3 Å². The maximum atomic E-state index is 14.0. The summed E-state index contributed by atoms with van der Waals surface area (Å²) in [6, 6.07) is 5.63. The number of hydrogen-bond donors (Lipinski definition) is 1. The van der Waals surface area contributed by atoms with E-state index in [9.17, 15) is 14.4 Å². The summed E-state index contributed by atoms with van der Waals surface area (Å²) in [6.45, 7) is 5.37. The molecule has 2 heterocycles. The molecule has 4 aliphatic rings. The summed E-state index contributed by atoms with van der Waals surface area (Å²) in [7, 11) is 1.40. The largest absolute Gasteiger partial charge is 0.468 e. The Morgan fingerprint density at radius 3 is 2.66 bits per heavy atom. The smallest absolute Gasteiger partial charge is 0.317 e. The molecule has 2 amide bonds. The Kier molecular flexibility index (Phi) is 7.43. The van der Waals surface area contributed by atoms with E-state index in [1.807, 2.05) is 24.3 Å². The van der Waals surface area contributed by atoms with E-state index in [1.54, 1.807) is 4.90 Å². The number of fused-ring (bicyclic) bond motifs is 2. The zero-order valence-electron chi connectivity index (χ0n) is 22.8. The monoisotopic (exact) mass is 524 g/mol. The third-order valence-electron chi connectivity index (χ3n) is 8.72. The average molecular weight is 525 g/mol. The highest BCUT2D eigenvalue weighted by Gasteiger charge is 2.57. The molecule has 5 rings (SSSR count). The number of nitrogens with one attached hydrogen (secondary N) is 1. The van der Waals surface area contributed by atoms with E-state index in [0.717, 1.165) is 24.8 Å². The first-order valence-electron chi connectivity index (χ1n) is 14.0. The Bertz CT molecular complexity index is 1120. The van der Waals surface area contributed by atoms with E-state index in [4.69, 9.17) is 14.2 Å². The van der Waals surface area contributed by atoms with Crippen molar-refractivity contribution in [1.29, 1.82) is 0 Å². The molecular weight excluding hydrogens is 484 g/mol. The van der Waals surface area contributed by atoms with Gasteiger partial charge in [-0.15, -0.1) is 0 Å². The van der Waals surface area contributed by atoms with E-state index in [2.05, 4.69) is 19.2 Å². The molecule has 0 aromatic heterocycles. The number of nitrogens with zero attached hydrogens (tertiary/aromatic N) is 1. The number of carbonyl (C=O) groups is 3. The third kappa shape index (κ3) is 5.27. The molecule has 1 aromatic carbocycles. The standard InChI is InChI=1S/C30H40N2O6/c1-29(2)12-11-25-30(18-29,28(35)36-3)15-22(14-26(33)31-16-20-7-5-4-6-8-20)27(34)32(25)17-21-9-10-23-24(13-21)38-19-37-23/h9-11,13,20,22H,4-8,12,14-19H2,1-3H3,(H,31,33)/t22-,30-/m1/s1. The Morgan fingerprint density at radius 2 is 1.89 bits per heavy atom. The predicted molar refractivity (Wildman–Crippen MR) is 141 cm³/mol. The van der Waals surface area contributed by atoms with Crippen molar-refractivity contribution in [2.24, 2.45) is 22.7 Å². The van der Waals surface area contributed by atoms with Gasteiger partial charge in [-0.25, -0.2) is 0 Å². The van der Waals surface area contributed by atoms with Crippen LogP contribution in [0.1, 0.15) is 77.2 Å². The Hall–Kier alpha value is -3.03. The maximum Gasteiger partial charge on any atom is 0.317 e. The molecule has 1 saturated carbocycles. The van der Waals surface area contributed by atoms with Crippen LogP contribution < -0.4 is 14.8 Å². The lowest BCUT2D eigenvalue weighted by Gasteiger charge is -2.51. The lowest BCUT2D eigenvalue weighted by Crippen LogP contribution is -2.55. The zero-order chi connectivity index (χ0) is 26.9. The van der Waals surface area contributed by atoms with Crippen LogP contribution in [0.25, 0.3) is 0 Å². The molecule has 0 spiro atoms. The predicted octanol–water partition coefficient (Wildman–Crippen LogP) is 4.71. The van der Waals surface area contributed by atoms with Crippen molar-refractivity contribution in [1.82, 2.24) is 10.2 Å². The molecule has 1 saturated heterocycles. The van der Waals surface area contributed by atoms with Crippen LogP contribution in [0, 0.1) is 22.7 Å². The summed E-state index contributed by atoms with van der Waals surface area (Å²) in [6.07, 6.45) is 9.65. The number of methoxy groups -OCH3 is 1. The fourth-order valence-corrected chi connectivity index (χ4v) is 6.89. The van der Waals surface area contributed by atoms with Crippen LogP contribution in [0.5, 0.6) is 11.5 Å². The highest BCUT2D eigenvalue weighted by molar-refractivity contribution is 5.92. The van der Waals surface area contributed by atoms with Crippen molar-refractivity contribution in [3.63, 3.8) is 0 Å². The van der Waals surface area contributed by atoms with Crippen molar-refractivity contribution in [2.75, 3.05) is 20.4 Å². The number of benzene rings is 1. The van der Waals surface area contributed by atoms with Crippen molar-refractivity contribution < 1.29 is 28.6 Å². The molecule has 38 heavy (non-hydrogen) atoms. The summed E-state index contributed by atoms with van der Waals surface area (Å²) in [5, 5.41) is 3.09. The van der Waals surface area contributed by atoms with Gasteiger partial charge in [0.15, 0.2) is 11.5 Å². The van der Waals surface area contributed by atoms with E-state index in [1.165, 1.54) is 26.4 Å². The minimum atomic E-state index is -0.977. The highest BCUT2D eigenvalue weighted by Crippen LogP contribution is 2.55. The molecule has 2 atom stereocenters. The van der Waals surface area contributed by atoms with E-state index in [-0.39, 0.29) is 49.4 Å². The number of carbonyl (C=O) groups excluding carboxylic acids is 3. The van der Waals surface area contributed by atoms with Gasteiger partial charge < -0.3 is 24.4 Å². The molecule has 2 fully saturated rings. The number of piperidine rings is 1. The molecule has 0 radical (unpaired) electrons. The van der Waals surface area contributed by atoms with Crippen LogP contribution in [0.2, 0.25) is 0 Å². The molecule has 8 nitrogen and oxygen atoms in total. The Balaban J connectivity index is 1.42. The molecule has 0 bridgehead atoms. The summed E-state index contributed by atoms with van der Waals surface area (Å²) < 4.78 is 16.4. The summed E-state index contributed by atoms with van der Waals surface area (Å²) in [4.78, 5) is 42.3. The van der Waals surface area contributed by atoms with E-state index < -0.39 is 11.3 Å². The molecule has 1 N–H and O–H groups in total. The number of esters is 1. The fraction of sp³-hybridized carbons (Fsp3) is 0.633. The fourth-order valence-electron chi connectivity index (χ4n) is 6.89. The van der Waals surface area contributed by atoms with E-state index >= 15 is 0 Å². The van der Waals surface area contributed by atoms with Crippen molar-refractivity contribution in [3.05, 3.63) is 35.5 Å². The second-order valence-corrected chi connectivity index (χ2v) is 12.2. The van der Waals surface area contributed by atoms with Gasteiger partial charge in [0.25, 0.3) is 0 Å². The van der Waals surface area contributed by atoms with Crippen LogP contribution >= 0.6 is 0 Å². The highest BCUT2D eigenvalue weighted by atomic mass is 16.7. The molecule has 1 aromatic rings. The minimum Gasteiger partial charge on any atom is -0.468 e. The lowest BCUT2D eigenvalue weighted by atomic mass is 9.59. The number of amides is 2. The summed E-state index contributed by atoms with van der Waals surface area (Å²) >= 11 is 0. The SMILES string of the molecule is COC(=O)[C@@]12C[C@@H](CC(=O)NCC3CCCCC3)C(=O)N(Cc3ccc4c(c3)OCO4)C1=CCC(C)(C)C2. The van der Waals surface area contributed by atoms with Crippen LogP contribution in [-0.4, -0.2) is 43.1 Å². The van der Waals surface area contributed by atoms with Crippen LogP contribution in [0.3, 0.4) is 0 Å². The van der Waals surface area contributed by atoms with Gasteiger partial charge in [-0.05, 0) is 61.1 Å². The zero-order valence-corrected chi connectivity index (χ0v) is 22.8. The van der Waals surface area contributed by atoms with Crippen molar-refractivity contribution in [3.8, 4) is 11.5 Å². The van der Waals surface area contributed by atoms with Gasteiger partial charge in [-0.2, -0.15) is 0 Å². The maximum absolute atomic E-state index is 14.0. The number of ether oxygens (including phenoxy) is 3. The number of rotatable bonds is 7. The molecule has 2 aliphatic carbocycles. The minimum absolute atomic E-state index is 0.0651. The number of likely N-dealkylation sites (tertiary alicyclic amines) is 1. The first kappa shape index (κ1) is 26.6. The van der Waals surface area contributed by atoms with Gasteiger partial charge in [0, 0.05) is 24.6 Å². The Morgan fingerprint density at radius 1 is 1.13 bits per heavy atom. The van der Waals surface area contributed by atoms with Crippen LogP contribution in [0.4, 0.5) is 0 Å². The average Bonchev–Trinajstić information content (AvgIpc) is 3.37. The second-order valence-electron chi connectivity index (χ2n) is 12.2. The van der Waals surface area contributed by atoms with Gasteiger partial charge in [0.05, 0.1) is 13.7 Å². The van der Waals surface area contributed by atoms with Gasteiger partial charge >= 0.3 is 5.97 Å². The van der Waals surface area contributed by atoms with Crippen molar-refractivity contribution in [2.45, 2.75) is 78.2 Å². The first-order chi connectivity index (χ1) is 18.2.